The summed E-state index contributed by atoms with van der Waals surface area (Å²) in [7, 11) is 0. The van der Waals surface area contributed by atoms with Gasteiger partial charge in [-0.15, -0.1) is 6.42 Å². The van der Waals surface area contributed by atoms with Gasteiger partial charge in [0.1, 0.15) is 31.0 Å². The lowest BCUT2D eigenvalue weighted by molar-refractivity contribution is -0.337. The van der Waals surface area contributed by atoms with Gasteiger partial charge in [-0.25, -0.2) is 4.79 Å². The van der Waals surface area contributed by atoms with Crippen LogP contribution in [0.3, 0.4) is 0 Å². The highest BCUT2D eigenvalue weighted by Gasteiger charge is 2.68. The topological polar surface area (TPSA) is 172 Å². The first-order valence-electron chi connectivity index (χ1n) is 23.8. The second-order valence-electron chi connectivity index (χ2n) is 20.8. The Bertz CT molecular complexity index is 1830. The number of carbonyl (C=O) groups excluding carboxylic acids is 1. The highest BCUT2D eigenvalue weighted by molar-refractivity contribution is 5.85. The summed E-state index contributed by atoms with van der Waals surface area (Å²) in [6.45, 7) is 10.5. The van der Waals surface area contributed by atoms with Crippen molar-refractivity contribution in [2.45, 2.75) is 203 Å². The number of rotatable bonds is 10. The zero-order chi connectivity index (χ0) is 44.4. The summed E-state index contributed by atoms with van der Waals surface area (Å²) >= 11 is 0. The molecule has 8 aliphatic rings. The molecule has 13 heteroatoms. The van der Waals surface area contributed by atoms with Gasteiger partial charge in [-0.1, -0.05) is 50.1 Å². The summed E-state index contributed by atoms with van der Waals surface area (Å²) in [4.78, 5) is 12.0. The number of carbonyl (C=O) groups is 1. The zero-order valence-electron chi connectivity index (χ0n) is 37.6. The van der Waals surface area contributed by atoms with E-state index in [9.17, 15) is 25.2 Å². The summed E-state index contributed by atoms with van der Waals surface area (Å²) in [5.41, 5.74) is 0.997. The summed E-state index contributed by atoms with van der Waals surface area (Å²) in [6, 6.07) is 9.42. The van der Waals surface area contributed by atoms with Crippen molar-refractivity contribution in [1.29, 1.82) is 0 Å². The average molecular weight is 879 g/mol. The van der Waals surface area contributed by atoms with Crippen LogP contribution in [0.1, 0.15) is 123 Å². The van der Waals surface area contributed by atoms with Crippen LogP contribution in [0.25, 0.3) is 0 Å². The minimum Gasteiger partial charge on any atom is -0.458 e. The van der Waals surface area contributed by atoms with E-state index in [4.69, 9.17) is 44.3 Å². The van der Waals surface area contributed by atoms with Crippen LogP contribution in [0.4, 0.5) is 0 Å². The van der Waals surface area contributed by atoms with Crippen molar-refractivity contribution in [2.75, 3.05) is 6.61 Å². The number of terminal acetylenes is 1. The Labute approximate surface area is 372 Å². The number of cyclic esters (lactones) is 1. The number of ether oxygens (including phenoxy) is 8. The highest BCUT2D eigenvalue weighted by Crippen LogP contribution is 2.70. The van der Waals surface area contributed by atoms with E-state index in [1.54, 1.807) is 19.9 Å². The van der Waals surface area contributed by atoms with E-state index >= 15 is 0 Å². The second kappa shape index (κ2) is 18.0. The third-order valence-electron chi connectivity index (χ3n) is 17.4. The minimum atomic E-state index is -0.959. The lowest BCUT2D eigenvalue weighted by Gasteiger charge is -2.64. The molecule has 4 aliphatic heterocycles. The van der Waals surface area contributed by atoms with Crippen molar-refractivity contribution >= 4 is 5.97 Å². The summed E-state index contributed by atoms with van der Waals surface area (Å²) in [5, 5.41) is 46.3. The molecule has 1 aromatic rings. The second-order valence-corrected chi connectivity index (χ2v) is 20.8. The molecule has 3 saturated heterocycles. The normalized spacial score (nSPS) is 49.1. The Morgan fingerprint density at radius 3 is 2.05 bits per heavy atom. The lowest BCUT2D eigenvalue weighted by atomic mass is 9.43. The van der Waals surface area contributed by atoms with Crippen LogP contribution in [0.5, 0.6) is 0 Å². The van der Waals surface area contributed by atoms with Crippen LogP contribution in [0, 0.1) is 46.8 Å². The van der Waals surface area contributed by atoms with Crippen molar-refractivity contribution in [3.05, 3.63) is 47.5 Å². The molecule has 7 fully saturated rings. The Hall–Kier alpha value is -2.45. The molecule has 4 aliphatic carbocycles. The van der Waals surface area contributed by atoms with E-state index in [2.05, 4.69) is 19.8 Å². The molecule has 348 valence electrons. The molecule has 21 atom stereocenters. The van der Waals surface area contributed by atoms with Gasteiger partial charge in [0.05, 0.1) is 48.3 Å². The first kappa shape index (κ1) is 45.7. The summed E-state index contributed by atoms with van der Waals surface area (Å²) in [6.07, 6.45) is 7.35. The van der Waals surface area contributed by atoms with E-state index in [-0.39, 0.29) is 54.0 Å². The van der Waals surface area contributed by atoms with E-state index in [1.165, 1.54) is 0 Å². The lowest BCUT2D eigenvalue weighted by Crippen LogP contribution is -2.62. The predicted molar refractivity (Wildman–Crippen MR) is 228 cm³/mol. The minimum absolute atomic E-state index is 0.0135. The standard InChI is InChI=1S/C50H70O13/c1-7-39(30-11-9-8-10-12-30)61-40-25-44(57-27(2)45(40)54)63-47-29(4)59-43(24-38(47)52)62-46-28(3)58-42(23-37(46)51)60-33-15-18-48(5)32(22-33)13-14-36-35(48)16-19-49(6)34(17-20-50(36,49)55)31-21-41(53)56-26-31/h1,8-12,21,27-29,32-40,42-47,51-52,54-55H,13-20,22-26H2,2-6H3/t27-,28-,29-,32-,33+,34-,35?,36-,37+,38+,39?,40+,42+,43+,44+,45-,46-,47-,48+,49-,50+/m1/s1. The van der Waals surface area contributed by atoms with Crippen molar-refractivity contribution in [3.8, 4) is 12.3 Å². The van der Waals surface area contributed by atoms with Gasteiger partial charge >= 0.3 is 5.97 Å². The summed E-state index contributed by atoms with van der Waals surface area (Å²) < 4.78 is 49.4. The van der Waals surface area contributed by atoms with Gasteiger partial charge in [-0.3, -0.25) is 0 Å². The SMILES string of the molecule is C#CC(O[C@H]1C[C@H](O[C@H]2[C@@H](O)C[C@H](O[C@H]3[C@@H](O)C[C@H](O[C@H]4CC[C@]5(C)C6CC[C@]7(C)[C@@H](C8=CC(=O)OC8)CC[C@]7(O)[C@@H]6CC[C@@H]5C4)O[C@@H]3C)O[C@@H]2C)O[C@H](C)[C@H]1O)c1ccccc1. The predicted octanol–water partition coefficient (Wildman–Crippen LogP) is 5.65. The molecule has 4 N–H and O–H groups in total. The van der Waals surface area contributed by atoms with Gasteiger partial charge in [-0.05, 0) is 119 Å². The summed E-state index contributed by atoms with van der Waals surface area (Å²) in [5.74, 6) is 3.77. The highest BCUT2D eigenvalue weighted by atomic mass is 16.7. The third kappa shape index (κ3) is 8.48. The van der Waals surface area contributed by atoms with Crippen molar-refractivity contribution in [1.82, 2.24) is 0 Å². The number of aliphatic hydroxyl groups is 4. The largest absolute Gasteiger partial charge is 0.458 e. The number of hydrogen-bond donors (Lipinski definition) is 4. The number of aliphatic hydroxyl groups excluding tert-OH is 3. The Kier molecular flexibility index (Phi) is 13.0. The number of esters is 1. The van der Waals surface area contributed by atoms with Crippen molar-refractivity contribution in [2.24, 2.45) is 34.5 Å². The molecule has 13 nitrogen and oxygen atoms in total. The van der Waals surface area contributed by atoms with E-state index in [0.717, 1.165) is 68.9 Å². The maximum atomic E-state index is 12.6. The first-order valence-corrected chi connectivity index (χ1v) is 23.8. The van der Waals surface area contributed by atoms with Crippen molar-refractivity contribution < 1.29 is 63.1 Å². The molecule has 4 heterocycles. The van der Waals surface area contributed by atoms with Gasteiger partial charge in [0.25, 0.3) is 0 Å². The molecule has 0 radical (unpaired) electrons. The van der Waals surface area contributed by atoms with Crippen LogP contribution in [-0.2, 0) is 42.7 Å². The van der Waals surface area contributed by atoms with Gasteiger partial charge < -0.3 is 58.3 Å². The van der Waals surface area contributed by atoms with Crippen LogP contribution < -0.4 is 0 Å². The molecule has 4 saturated carbocycles. The quantitative estimate of drug-likeness (QED) is 0.129. The van der Waals surface area contributed by atoms with Gasteiger partial charge in [0, 0.05) is 30.8 Å². The van der Waals surface area contributed by atoms with Crippen LogP contribution in [-0.4, -0.2) is 119 Å². The van der Waals surface area contributed by atoms with Crippen molar-refractivity contribution in [3.63, 3.8) is 0 Å². The number of fused-ring (bicyclic) bond motifs is 5. The molecule has 0 spiro atoms. The molecule has 0 aromatic heterocycles. The average Bonchev–Trinajstić information content (AvgIpc) is 3.80. The number of benzene rings is 1. The maximum Gasteiger partial charge on any atom is 0.331 e. The monoisotopic (exact) mass is 878 g/mol. The molecule has 0 bridgehead atoms. The van der Waals surface area contributed by atoms with Gasteiger partial charge in [-0.2, -0.15) is 0 Å². The third-order valence-corrected chi connectivity index (χ3v) is 17.4. The Morgan fingerprint density at radius 2 is 1.41 bits per heavy atom. The fourth-order valence-corrected chi connectivity index (χ4v) is 13.9. The first-order chi connectivity index (χ1) is 30.1. The molecule has 2 unspecified atom stereocenters. The fraction of sp³-hybridized carbons (Fsp3) is 0.780. The van der Waals surface area contributed by atoms with Gasteiger partial charge in [0.2, 0.25) is 0 Å². The van der Waals surface area contributed by atoms with Crippen LogP contribution >= 0.6 is 0 Å². The van der Waals surface area contributed by atoms with E-state index < -0.39 is 85.5 Å². The number of hydrogen-bond acceptors (Lipinski definition) is 13. The van der Waals surface area contributed by atoms with Crippen LogP contribution in [0.2, 0.25) is 0 Å². The van der Waals surface area contributed by atoms with Gasteiger partial charge in [0.15, 0.2) is 18.9 Å². The Balaban J connectivity index is 0.749. The zero-order valence-corrected chi connectivity index (χ0v) is 37.6. The van der Waals surface area contributed by atoms with E-state index in [0.29, 0.717) is 18.4 Å². The molecule has 1 aromatic carbocycles. The molecular weight excluding hydrogens is 809 g/mol. The molecule has 63 heavy (non-hydrogen) atoms. The smallest absolute Gasteiger partial charge is 0.331 e. The molecule has 0 amide bonds. The van der Waals surface area contributed by atoms with Crippen LogP contribution in [0.15, 0.2) is 42.0 Å². The fourth-order valence-electron chi connectivity index (χ4n) is 13.9. The maximum absolute atomic E-state index is 12.6. The molecular formula is C50H70O13. The van der Waals surface area contributed by atoms with E-state index in [1.807, 2.05) is 37.3 Å². The molecule has 9 rings (SSSR count). The Morgan fingerprint density at radius 1 is 0.762 bits per heavy atom.